The van der Waals surface area contributed by atoms with Crippen LogP contribution in [-0.4, -0.2) is 62.9 Å². The second-order valence-corrected chi connectivity index (χ2v) is 16.0. The Morgan fingerprint density at radius 1 is 0.949 bits per heavy atom. The lowest BCUT2D eigenvalue weighted by Crippen LogP contribution is -2.49. The minimum Gasteiger partial charge on any atom is -0.478 e. The van der Waals surface area contributed by atoms with Crippen LogP contribution >= 0.6 is 0 Å². The molecule has 5 rings (SSSR count). The van der Waals surface area contributed by atoms with Gasteiger partial charge in [0.2, 0.25) is 0 Å². The van der Waals surface area contributed by atoms with Gasteiger partial charge < -0.3 is 19.6 Å². The van der Waals surface area contributed by atoms with E-state index in [-0.39, 0.29) is 17.6 Å². The van der Waals surface area contributed by atoms with Gasteiger partial charge in [-0.2, -0.15) is 0 Å². The zero-order chi connectivity index (χ0) is 27.7. The number of aromatic carboxylic acids is 1. The summed E-state index contributed by atoms with van der Waals surface area (Å²) in [6.45, 7) is 11.0. The molecule has 1 amide bonds. The van der Waals surface area contributed by atoms with E-state index in [4.69, 9.17) is 4.74 Å². The Balaban J connectivity index is 1.26. The summed E-state index contributed by atoms with van der Waals surface area (Å²) < 4.78 is 5.85. The van der Waals surface area contributed by atoms with Crippen LogP contribution in [0.15, 0.2) is 60.7 Å². The molecule has 1 aliphatic carbocycles. The fraction of sp³-hybridized carbons (Fsp3) is 0.312. The molecule has 1 N–H and O–H groups in total. The first-order valence-electron chi connectivity index (χ1n) is 13.4. The van der Waals surface area contributed by atoms with Crippen molar-refractivity contribution in [2.75, 3.05) is 37.7 Å². The van der Waals surface area contributed by atoms with Crippen LogP contribution in [0.4, 0.5) is 10.5 Å². The Morgan fingerprint density at radius 2 is 1.54 bits per heavy atom. The molecule has 3 aromatic rings. The van der Waals surface area contributed by atoms with Gasteiger partial charge in [0.05, 0.1) is 5.56 Å². The van der Waals surface area contributed by atoms with Gasteiger partial charge in [-0.15, -0.1) is 5.54 Å². The van der Waals surface area contributed by atoms with Crippen LogP contribution in [0.25, 0.3) is 11.1 Å². The van der Waals surface area contributed by atoms with E-state index in [9.17, 15) is 14.7 Å². The van der Waals surface area contributed by atoms with Gasteiger partial charge in [0, 0.05) is 43.3 Å². The number of ether oxygens (including phenoxy) is 1. The van der Waals surface area contributed by atoms with Crippen LogP contribution in [0.1, 0.15) is 38.5 Å². The maximum atomic E-state index is 13.1. The number of carbonyl (C=O) groups excluding carboxylic acids is 1. The van der Waals surface area contributed by atoms with Crippen molar-refractivity contribution in [3.05, 3.63) is 88.5 Å². The monoisotopic (exact) mass is 538 g/mol. The second kappa shape index (κ2) is 10.6. The Kier molecular flexibility index (Phi) is 7.24. The Morgan fingerprint density at radius 3 is 2.10 bits per heavy atom. The molecule has 3 aromatic carbocycles. The molecule has 0 spiro atoms. The highest BCUT2D eigenvalue weighted by atomic mass is 28.3. The van der Waals surface area contributed by atoms with Crippen molar-refractivity contribution in [1.29, 1.82) is 0 Å². The van der Waals surface area contributed by atoms with Gasteiger partial charge in [0.25, 0.3) is 0 Å². The van der Waals surface area contributed by atoms with Crippen LogP contribution in [0.5, 0.6) is 0 Å². The lowest BCUT2D eigenvalue weighted by molar-refractivity contribution is 0.0696. The van der Waals surface area contributed by atoms with E-state index in [1.54, 1.807) is 17.0 Å². The van der Waals surface area contributed by atoms with E-state index >= 15 is 0 Å². The van der Waals surface area contributed by atoms with Gasteiger partial charge in [-0.05, 0) is 46.9 Å². The minimum absolute atomic E-state index is 0.0275. The van der Waals surface area contributed by atoms with E-state index in [1.807, 2.05) is 31.2 Å². The van der Waals surface area contributed by atoms with Crippen molar-refractivity contribution < 1.29 is 19.4 Å². The number of carboxylic acids is 1. The smallest absolute Gasteiger partial charge is 0.409 e. The van der Waals surface area contributed by atoms with E-state index in [0.717, 1.165) is 16.8 Å². The standard InChI is InChI=1S/C32H34N2O4Si/c1-22-23(13-18-39(2,3)4)19-24(31(35)36)20-30(22)33-14-16-34(17-15-33)32(37)38-21-29-27-11-7-5-9-25(27)26-10-6-8-12-28(26)29/h5-12,19-20,29H,14-17,21H2,1-4H3,(H,35,36). The average Bonchev–Trinajstić information content (AvgIpc) is 3.24. The number of fused-ring (bicyclic) bond motifs is 3. The molecule has 1 heterocycles. The number of hydrogen-bond donors (Lipinski definition) is 1. The first-order chi connectivity index (χ1) is 18.6. The van der Waals surface area contributed by atoms with Gasteiger partial charge in [-0.1, -0.05) is 74.1 Å². The molecule has 0 unspecified atom stereocenters. The molecule has 2 aliphatic rings. The summed E-state index contributed by atoms with van der Waals surface area (Å²) in [5.74, 6) is 2.31. The molecule has 0 atom stereocenters. The summed E-state index contributed by atoms with van der Waals surface area (Å²) in [7, 11) is -1.62. The topological polar surface area (TPSA) is 70.1 Å². The fourth-order valence-corrected chi connectivity index (χ4v) is 5.86. The molecule has 7 heteroatoms. The van der Waals surface area contributed by atoms with Gasteiger partial charge in [0.15, 0.2) is 0 Å². The Bertz CT molecular complexity index is 1440. The Labute approximate surface area is 231 Å². The van der Waals surface area contributed by atoms with Crippen LogP contribution in [0.3, 0.4) is 0 Å². The van der Waals surface area contributed by atoms with Crippen LogP contribution in [-0.2, 0) is 4.74 Å². The molecule has 0 radical (unpaired) electrons. The van der Waals surface area contributed by atoms with Crippen LogP contribution in [0, 0.1) is 18.4 Å². The first kappa shape index (κ1) is 26.6. The maximum absolute atomic E-state index is 13.1. The van der Waals surface area contributed by atoms with Crippen LogP contribution < -0.4 is 4.90 Å². The predicted molar refractivity (Wildman–Crippen MR) is 157 cm³/mol. The number of carbonyl (C=O) groups is 2. The maximum Gasteiger partial charge on any atom is 0.409 e. The number of rotatable bonds is 4. The zero-order valence-electron chi connectivity index (χ0n) is 23.0. The van der Waals surface area contributed by atoms with Crippen molar-refractivity contribution in [2.45, 2.75) is 32.5 Å². The molecule has 1 fully saturated rings. The molecule has 0 aromatic heterocycles. The minimum atomic E-state index is -1.62. The molecule has 1 saturated heterocycles. The third kappa shape index (κ3) is 5.57. The third-order valence-electron chi connectivity index (χ3n) is 7.41. The highest BCUT2D eigenvalue weighted by Gasteiger charge is 2.30. The van der Waals surface area contributed by atoms with Crippen molar-refractivity contribution >= 4 is 25.8 Å². The number of piperazine rings is 1. The molecule has 0 saturated carbocycles. The highest BCUT2D eigenvalue weighted by Crippen LogP contribution is 2.44. The first-order valence-corrected chi connectivity index (χ1v) is 16.9. The summed E-state index contributed by atoms with van der Waals surface area (Å²) in [6.07, 6.45) is -0.311. The fourth-order valence-electron chi connectivity index (χ4n) is 5.35. The van der Waals surface area contributed by atoms with E-state index < -0.39 is 14.0 Å². The number of amides is 1. The molecule has 200 valence electrons. The molecular weight excluding hydrogens is 504 g/mol. The lowest BCUT2D eigenvalue weighted by Gasteiger charge is -2.36. The summed E-state index contributed by atoms with van der Waals surface area (Å²) in [6, 6.07) is 20.0. The van der Waals surface area contributed by atoms with E-state index in [1.165, 1.54) is 22.3 Å². The SMILES string of the molecule is Cc1c(C#C[Si](C)(C)C)cc(C(=O)O)cc1N1CCN(C(=O)OCC2c3ccccc3-c3ccccc32)CC1. The third-order valence-corrected chi connectivity index (χ3v) is 8.29. The molecule has 39 heavy (non-hydrogen) atoms. The number of anilines is 1. The molecular formula is C32H34N2O4Si. The summed E-state index contributed by atoms with van der Waals surface area (Å²) in [4.78, 5) is 28.8. The Hall–Kier alpha value is -4.02. The zero-order valence-corrected chi connectivity index (χ0v) is 24.0. The predicted octanol–water partition coefficient (Wildman–Crippen LogP) is 5.99. The summed E-state index contributed by atoms with van der Waals surface area (Å²) >= 11 is 0. The molecule has 0 bridgehead atoms. The number of nitrogens with zero attached hydrogens (tertiary/aromatic N) is 2. The number of hydrogen-bond acceptors (Lipinski definition) is 4. The summed E-state index contributed by atoms with van der Waals surface area (Å²) in [5, 5.41) is 9.71. The van der Waals surface area contributed by atoms with Crippen molar-refractivity contribution in [2.24, 2.45) is 0 Å². The van der Waals surface area contributed by atoms with Gasteiger partial charge >= 0.3 is 12.1 Å². The van der Waals surface area contributed by atoms with Crippen molar-refractivity contribution in [3.8, 4) is 22.6 Å². The second-order valence-electron chi connectivity index (χ2n) is 11.3. The number of carboxylic acid groups (broad SMARTS) is 1. The highest BCUT2D eigenvalue weighted by molar-refractivity contribution is 6.83. The van der Waals surface area contributed by atoms with E-state index in [0.29, 0.717) is 32.8 Å². The van der Waals surface area contributed by atoms with Crippen LogP contribution in [0.2, 0.25) is 19.6 Å². The lowest BCUT2D eigenvalue weighted by atomic mass is 9.98. The van der Waals surface area contributed by atoms with E-state index in [2.05, 4.69) is 60.3 Å². The normalized spacial score (nSPS) is 14.8. The van der Waals surface area contributed by atoms with Gasteiger partial charge in [0.1, 0.15) is 14.7 Å². The molecule has 6 nitrogen and oxygen atoms in total. The number of benzene rings is 3. The van der Waals surface area contributed by atoms with Gasteiger partial charge in [-0.25, -0.2) is 9.59 Å². The molecule has 1 aliphatic heterocycles. The van der Waals surface area contributed by atoms with Crippen molar-refractivity contribution in [3.63, 3.8) is 0 Å². The van der Waals surface area contributed by atoms with Crippen molar-refractivity contribution in [1.82, 2.24) is 4.90 Å². The quantitative estimate of drug-likeness (QED) is 0.326. The largest absolute Gasteiger partial charge is 0.478 e. The van der Waals surface area contributed by atoms with Gasteiger partial charge in [-0.3, -0.25) is 0 Å². The average molecular weight is 539 g/mol. The summed E-state index contributed by atoms with van der Waals surface area (Å²) in [5.41, 5.74) is 11.0.